The Kier molecular flexibility index (Phi) is 7.92. The zero-order valence-corrected chi connectivity index (χ0v) is 30.2. The van der Waals surface area contributed by atoms with E-state index in [1.165, 1.54) is 95.8 Å². The molecule has 0 fully saturated rings. The lowest BCUT2D eigenvalue weighted by molar-refractivity contribution is 1.69. The molecule has 2 heteroatoms. The molecule has 0 saturated heterocycles. The van der Waals surface area contributed by atoms with Gasteiger partial charge in [-0.25, -0.2) is 0 Å². The number of fused-ring (bicyclic) bond motifs is 6. The number of hydrogen-bond acceptors (Lipinski definition) is 0. The van der Waals surface area contributed by atoms with Gasteiger partial charge >= 0.3 is 0 Å². The molecular weight excluding hydrogens is 736 g/mol. The Morgan fingerprint density at radius 2 is 0.460 bits per heavy atom. The molecule has 236 valence electrons. The summed E-state index contributed by atoms with van der Waals surface area (Å²) in [6, 6.07) is 65.0. The highest BCUT2D eigenvalue weighted by molar-refractivity contribution is 9.11. The second-order valence-corrected chi connectivity index (χ2v) is 14.2. The van der Waals surface area contributed by atoms with Gasteiger partial charge in [-0.3, -0.25) is 0 Å². The Morgan fingerprint density at radius 3 is 0.780 bits per heavy atom. The molecule has 0 amide bonds. The van der Waals surface area contributed by atoms with Gasteiger partial charge in [0.1, 0.15) is 0 Å². The lowest BCUT2D eigenvalue weighted by Gasteiger charge is -2.16. The molecule has 0 spiro atoms. The molecule has 0 radical (unpaired) electrons. The molecule has 0 aliphatic carbocycles. The van der Waals surface area contributed by atoms with Crippen molar-refractivity contribution in [2.24, 2.45) is 0 Å². The molecular formula is C48H30Br2. The minimum Gasteiger partial charge on any atom is -0.0616 e. The first-order chi connectivity index (χ1) is 24.7. The predicted molar refractivity (Wildman–Crippen MR) is 224 cm³/mol. The fraction of sp³-hybridized carbons (Fsp3) is 0. The van der Waals surface area contributed by atoms with Crippen molar-refractivity contribution < 1.29 is 0 Å². The third kappa shape index (κ3) is 5.10. The Bertz CT molecular complexity index is 2580. The van der Waals surface area contributed by atoms with Crippen molar-refractivity contribution in [3.8, 4) is 22.3 Å². The molecule has 0 unspecified atom stereocenters. The zero-order valence-electron chi connectivity index (χ0n) is 27.1. The molecule has 0 aromatic heterocycles. The lowest BCUT2D eigenvalue weighted by Crippen LogP contribution is -1.88. The van der Waals surface area contributed by atoms with E-state index in [0.717, 1.165) is 0 Å². The van der Waals surface area contributed by atoms with Gasteiger partial charge in [0.15, 0.2) is 0 Å². The van der Waals surface area contributed by atoms with Crippen LogP contribution in [-0.4, -0.2) is 0 Å². The molecule has 10 aromatic rings. The Balaban J connectivity index is 0.000000135. The zero-order chi connectivity index (χ0) is 33.6. The van der Waals surface area contributed by atoms with Crippen LogP contribution < -0.4 is 0 Å². The molecule has 0 atom stereocenters. The highest BCUT2D eigenvalue weighted by atomic mass is 79.9. The van der Waals surface area contributed by atoms with Crippen molar-refractivity contribution in [1.82, 2.24) is 0 Å². The van der Waals surface area contributed by atoms with Gasteiger partial charge in [0.25, 0.3) is 0 Å². The summed E-state index contributed by atoms with van der Waals surface area (Å²) in [5.41, 5.74) is 5.20. The van der Waals surface area contributed by atoms with E-state index in [4.69, 9.17) is 0 Å². The maximum Gasteiger partial charge on any atom is 0.0332 e. The molecule has 10 rings (SSSR count). The number of benzene rings is 10. The summed E-state index contributed by atoms with van der Waals surface area (Å²) in [5.74, 6) is 0. The van der Waals surface area contributed by atoms with Crippen molar-refractivity contribution >= 4 is 96.5 Å². The van der Waals surface area contributed by atoms with Gasteiger partial charge < -0.3 is 0 Å². The summed E-state index contributed by atoms with van der Waals surface area (Å²) in [6.45, 7) is 0. The summed E-state index contributed by atoms with van der Waals surface area (Å²) in [6.07, 6.45) is 0. The van der Waals surface area contributed by atoms with Crippen molar-refractivity contribution in [3.05, 3.63) is 191 Å². The van der Waals surface area contributed by atoms with Crippen molar-refractivity contribution in [2.75, 3.05) is 0 Å². The van der Waals surface area contributed by atoms with E-state index in [1.807, 2.05) is 0 Å². The van der Waals surface area contributed by atoms with E-state index in [-0.39, 0.29) is 0 Å². The van der Waals surface area contributed by atoms with E-state index in [2.05, 4.69) is 214 Å². The Labute approximate surface area is 307 Å². The fourth-order valence-corrected chi connectivity index (χ4v) is 9.00. The Morgan fingerprint density at radius 1 is 0.220 bits per heavy atom. The quantitative estimate of drug-likeness (QED) is 0.154. The van der Waals surface area contributed by atoms with Crippen LogP contribution in [0, 0.1) is 0 Å². The first-order valence-corrected chi connectivity index (χ1v) is 18.4. The number of halogens is 2. The van der Waals surface area contributed by atoms with E-state index in [1.54, 1.807) is 0 Å². The standard InChI is InChI=1S/2C24H15Br/c2*25-24-21-13-5-3-11-19(21)23(20-12-4-6-14-22(20)24)18-15-7-9-16-8-1-2-10-17(16)18/h2*1-15H. The van der Waals surface area contributed by atoms with E-state index in [0.29, 0.717) is 0 Å². The minimum absolute atomic E-state index is 1.17. The van der Waals surface area contributed by atoms with Crippen LogP contribution in [0.4, 0.5) is 0 Å². The topological polar surface area (TPSA) is 0 Å². The van der Waals surface area contributed by atoms with Gasteiger partial charge in [0.05, 0.1) is 0 Å². The SMILES string of the molecule is Brc1c2ccccc2c(-c2cccc3ccccc23)c2ccccc12.Brc1c2ccccc2c(-c2cccc3ccccc23)c2ccccc12. The van der Waals surface area contributed by atoms with Crippen LogP contribution in [-0.2, 0) is 0 Å². The minimum atomic E-state index is 1.17. The van der Waals surface area contributed by atoms with Crippen LogP contribution in [0.2, 0.25) is 0 Å². The molecule has 0 N–H and O–H groups in total. The van der Waals surface area contributed by atoms with Crippen molar-refractivity contribution in [1.29, 1.82) is 0 Å². The molecule has 0 aliphatic rings. The van der Waals surface area contributed by atoms with Gasteiger partial charge in [-0.15, -0.1) is 0 Å². The van der Waals surface area contributed by atoms with Crippen LogP contribution in [0.1, 0.15) is 0 Å². The van der Waals surface area contributed by atoms with Crippen LogP contribution in [0.25, 0.3) is 86.9 Å². The summed E-state index contributed by atoms with van der Waals surface area (Å²) in [5, 5.41) is 15.3. The normalized spacial score (nSPS) is 11.4. The van der Waals surface area contributed by atoms with Gasteiger partial charge in [-0.1, -0.05) is 182 Å². The lowest BCUT2D eigenvalue weighted by atomic mass is 9.89. The Hall–Kier alpha value is -5.28. The first kappa shape index (κ1) is 30.8. The molecule has 0 bridgehead atoms. The summed E-state index contributed by atoms with van der Waals surface area (Å²) in [7, 11) is 0. The molecule has 10 aromatic carbocycles. The van der Waals surface area contributed by atoms with Crippen molar-refractivity contribution in [3.63, 3.8) is 0 Å². The average Bonchev–Trinajstić information content (AvgIpc) is 3.19. The average molecular weight is 767 g/mol. The van der Waals surface area contributed by atoms with E-state index >= 15 is 0 Å². The smallest absolute Gasteiger partial charge is 0.0332 e. The molecule has 0 heterocycles. The highest BCUT2D eigenvalue weighted by Crippen LogP contribution is 2.45. The first-order valence-electron chi connectivity index (χ1n) is 16.8. The summed E-state index contributed by atoms with van der Waals surface area (Å²) in [4.78, 5) is 0. The summed E-state index contributed by atoms with van der Waals surface area (Å²) < 4.78 is 2.34. The fourth-order valence-electron chi connectivity index (χ4n) is 7.62. The monoisotopic (exact) mass is 764 g/mol. The summed E-state index contributed by atoms with van der Waals surface area (Å²) >= 11 is 7.68. The second kappa shape index (κ2) is 12.9. The largest absolute Gasteiger partial charge is 0.0616 e. The molecule has 0 saturated carbocycles. The predicted octanol–water partition coefficient (Wildman–Crippen LogP) is 15.2. The van der Waals surface area contributed by atoms with E-state index < -0.39 is 0 Å². The third-order valence-corrected chi connectivity index (χ3v) is 11.6. The molecule has 0 aliphatic heterocycles. The van der Waals surface area contributed by atoms with Gasteiger partial charge in [-0.2, -0.15) is 0 Å². The maximum absolute atomic E-state index is 3.84. The maximum atomic E-state index is 3.84. The van der Waals surface area contributed by atoms with Gasteiger partial charge in [0.2, 0.25) is 0 Å². The van der Waals surface area contributed by atoms with Crippen LogP contribution in [0.3, 0.4) is 0 Å². The number of rotatable bonds is 2. The third-order valence-electron chi connectivity index (χ3n) is 9.85. The molecule has 0 nitrogen and oxygen atoms in total. The van der Waals surface area contributed by atoms with Gasteiger partial charge in [0, 0.05) is 8.95 Å². The highest BCUT2D eigenvalue weighted by Gasteiger charge is 2.16. The van der Waals surface area contributed by atoms with Gasteiger partial charge in [-0.05, 0) is 119 Å². The second-order valence-electron chi connectivity index (χ2n) is 12.6. The van der Waals surface area contributed by atoms with Crippen LogP contribution in [0.15, 0.2) is 191 Å². The van der Waals surface area contributed by atoms with Crippen LogP contribution >= 0.6 is 31.9 Å². The number of hydrogen-bond donors (Lipinski definition) is 0. The molecule has 50 heavy (non-hydrogen) atoms. The van der Waals surface area contributed by atoms with Crippen molar-refractivity contribution in [2.45, 2.75) is 0 Å². The van der Waals surface area contributed by atoms with E-state index in [9.17, 15) is 0 Å². The van der Waals surface area contributed by atoms with Crippen LogP contribution in [0.5, 0.6) is 0 Å².